The van der Waals surface area contributed by atoms with Crippen LogP contribution in [0.1, 0.15) is 17.3 Å². The van der Waals surface area contributed by atoms with Crippen molar-refractivity contribution in [3.8, 4) is 0 Å². The Morgan fingerprint density at radius 1 is 1.39 bits per heavy atom. The van der Waals surface area contributed by atoms with Gasteiger partial charge in [0, 0.05) is 19.9 Å². The van der Waals surface area contributed by atoms with Gasteiger partial charge in [-0.05, 0) is 35.0 Å². The van der Waals surface area contributed by atoms with Crippen molar-refractivity contribution in [2.75, 3.05) is 0 Å². The van der Waals surface area contributed by atoms with E-state index < -0.39 is 0 Å². The van der Waals surface area contributed by atoms with Crippen LogP contribution in [0.3, 0.4) is 0 Å². The van der Waals surface area contributed by atoms with E-state index in [1.807, 2.05) is 35.2 Å². The van der Waals surface area contributed by atoms with Crippen LogP contribution in [0.4, 0.5) is 0 Å². The summed E-state index contributed by atoms with van der Waals surface area (Å²) < 4.78 is 10.1. The van der Waals surface area contributed by atoms with E-state index in [0.717, 1.165) is 40.5 Å². The average molecular weight is 309 g/mol. The van der Waals surface area contributed by atoms with Crippen LogP contribution in [-0.4, -0.2) is 19.2 Å². The first-order valence-corrected chi connectivity index (χ1v) is 6.55. The zero-order chi connectivity index (χ0) is 12.7. The van der Waals surface area contributed by atoms with Crippen molar-refractivity contribution in [2.45, 2.75) is 19.8 Å². The van der Waals surface area contributed by atoms with Crippen molar-refractivity contribution in [1.29, 1.82) is 0 Å². The maximum absolute atomic E-state index is 5.32. The highest BCUT2D eigenvalue weighted by atomic mass is 79.9. The topological polar surface area (TPSA) is 48.3 Å². The molecular formula is C12H13BrN4O. The number of hydrogen-bond acceptors (Lipinski definition) is 3. The molecule has 0 N–H and O–H groups in total. The lowest BCUT2D eigenvalue weighted by Crippen LogP contribution is -2.00. The predicted octanol–water partition coefficient (Wildman–Crippen LogP) is 2.52. The minimum absolute atomic E-state index is 0.832. The molecule has 0 aliphatic carbocycles. The Hall–Kier alpha value is -1.56. The lowest BCUT2D eigenvalue weighted by molar-refractivity contribution is 0.504. The Morgan fingerprint density at radius 3 is 2.89 bits per heavy atom. The molecule has 0 saturated carbocycles. The number of rotatable bonds is 3. The smallest absolute Gasteiger partial charge is 0.233 e. The third-order valence-corrected chi connectivity index (χ3v) is 3.93. The molecule has 0 aliphatic rings. The minimum atomic E-state index is 0.832. The molecule has 3 rings (SSSR count). The van der Waals surface area contributed by atoms with E-state index in [9.17, 15) is 0 Å². The summed E-state index contributed by atoms with van der Waals surface area (Å²) in [6, 6.07) is 3.88. The van der Waals surface area contributed by atoms with Gasteiger partial charge in [-0.2, -0.15) is 9.61 Å². The Labute approximate surface area is 113 Å². The summed E-state index contributed by atoms with van der Waals surface area (Å²) in [4.78, 5) is 4.47. The Morgan fingerprint density at radius 2 is 2.22 bits per heavy atom. The van der Waals surface area contributed by atoms with Crippen LogP contribution in [0.5, 0.6) is 0 Å². The normalized spacial score (nSPS) is 11.5. The molecule has 18 heavy (non-hydrogen) atoms. The SMILES string of the molecule is Cc1nc2n(C)c(CCc3ccco3)nn2c1Br. The molecule has 0 atom stereocenters. The molecule has 3 aromatic heterocycles. The molecule has 3 aromatic rings. The second kappa shape index (κ2) is 4.28. The number of aromatic nitrogens is 4. The predicted molar refractivity (Wildman–Crippen MR) is 70.5 cm³/mol. The van der Waals surface area contributed by atoms with E-state index >= 15 is 0 Å². The van der Waals surface area contributed by atoms with E-state index in [4.69, 9.17) is 4.42 Å². The zero-order valence-electron chi connectivity index (χ0n) is 10.2. The van der Waals surface area contributed by atoms with Gasteiger partial charge in [-0.1, -0.05) is 0 Å². The molecule has 0 radical (unpaired) electrons. The quantitative estimate of drug-likeness (QED) is 0.747. The Kier molecular flexibility index (Phi) is 2.74. The monoisotopic (exact) mass is 308 g/mol. The molecule has 0 spiro atoms. The highest BCUT2D eigenvalue weighted by Crippen LogP contribution is 2.18. The van der Waals surface area contributed by atoms with Crippen LogP contribution >= 0.6 is 15.9 Å². The number of fused-ring (bicyclic) bond motifs is 1. The zero-order valence-corrected chi connectivity index (χ0v) is 11.8. The van der Waals surface area contributed by atoms with Gasteiger partial charge >= 0.3 is 0 Å². The van der Waals surface area contributed by atoms with Gasteiger partial charge in [-0.15, -0.1) is 0 Å². The van der Waals surface area contributed by atoms with Gasteiger partial charge in [-0.3, -0.25) is 4.57 Å². The fourth-order valence-electron chi connectivity index (χ4n) is 2.00. The molecule has 94 valence electrons. The number of furan rings is 1. The van der Waals surface area contributed by atoms with Crippen LogP contribution in [0.15, 0.2) is 27.4 Å². The molecule has 3 heterocycles. The number of imidazole rings is 1. The first-order chi connectivity index (χ1) is 8.66. The molecular weight excluding hydrogens is 296 g/mol. The molecule has 6 heteroatoms. The fraction of sp³-hybridized carbons (Fsp3) is 0.333. The summed E-state index contributed by atoms with van der Waals surface area (Å²) in [5.74, 6) is 2.83. The molecule has 0 aliphatic heterocycles. The van der Waals surface area contributed by atoms with Crippen LogP contribution in [0.25, 0.3) is 5.78 Å². The van der Waals surface area contributed by atoms with Crippen molar-refractivity contribution < 1.29 is 4.42 Å². The maximum Gasteiger partial charge on any atom is 0.233 e. The van der Waals surface area contributed by atoms with Crippen LogP contribution in [0.2, 0.25) is 0 Å². The van der Waals surface area contributed by atoms with Gasteiger partial charge in [0.05, 0.1) is 12.0 Å². The molecule has 0 aromatic carbocycles. The molecule has 0 fully saturated rings. The minimum Gasteiger partial charge on any atom is -0.469 e. The molecule has 5 nitrogen and oxygen atoms in total. The average Bonchev–Trinajstić information content (AvgIpc) is 3.02. The van der Waals surface area contributed by atoms with E-state index in [1.54, 1.807) is 6.26 Å². The van der Waals surface area contributed by atoms with Gasteiger partial charge in [-0.25, -0.2) is 4.98 Å². The lowest BCUT2D eigenvalue weighted by Gasteiger charge is -1.98. The van der Waals surface area contributed by atoms with Gasteiger partial charge in [0.1, 0.15) is 16.2 Å². The molecule has 0 unspecified atom stereocenters. The van der Waals surface area contributed by atoms with Crippen molar-refractivity contribution >= 4 is 21.7 Å². The number of hydrogen-bond donors (Lipinski definition) is 0. The Bertz CT molecular complexity index is 681. The van der Waals surface area contributed by atoms with Gasteiger partial charge in [0.2, 0.25) is 5.78 Å². The first-order valence-electron chi connectivity index (χ1n) is 5.75. The number of nitrogens with zero attached hydrogens (tertiary/aromatic N) is 4. The summed E-state index contributed by atoms with van der Waals surface area (Å²) in [5, 5.41) is 4.56. The highest BCUT2D eigenvalue weighted by molar-refractivity contribution is 9.10. The fourth-order valence-corrected chi connectivity index (χ4v) is 2.32. The van der Waals surface area contributed by atoms with Crippen LogP contribution in [0, 0.1) is 6.92 Å². The molecule has 0 amide bonds. The van der Waals surface area contributed by atoms with Crippen molar-refractivity contribution in [2.24, 2.45) is 7.05 Å². The molecule has 0 bridgehead atoms. The van der Waals surface area contributed by atoms with Crippen molar-refractivity contribution in [3.63, 3.8) is 0 Å². The van der Waals surface area contributed by atoms with E-state index in [1.165, 1.54) is 0 Å². The van der Waals surface area contributed by atoms with Crippen LogP contribution < -0.4 is 0 Å². The largest absolute Gasteiger partial charge is 0.469 e. The maximum atomic E-state index is 5.32. The third-order valence-electron chi connectivity index (χ3n) is 3.02. The standard InChI is InChI=1S/C12H13BrN4O/c1-8-11(13)17-12(14-8)16(2)10(15-17)6-5-9-4-3-7-18-9/h3-4,7H,5-6H2,1-2H3. The van der Waals surface area contributed by atoms with Gasteiger partial charge in [0.15, 0.2) is 0 Å². The second-order valence-electron chi connectivity index (χ2n) is 4.25. The molecule has 0 saturated heterocycles. The summed E-state index contributed by atoms with van der Waals surface area (Å²) in [6.45, 7) is 1.96. The van der Waals surface area contributed by atoms with Crippen molar-refractivity contribution in [1.82, 2.24) is 19.2 Å². The van der Waals surface area contributed by atoms with Crippen molar-refractivity contribution in [3.05, 3.63) is 40.3 Å². The summed E-state index contributed by atoms with van der Waals surface area (Å²) in [6.07, 6.45) is 3.37. The summed E-state index contributed by atoms with van der Waals surface area (Å²) >= 11 is 3.49. The van der Waals surface area contributed by atoms with Crippen LogP contribution in [-0.2, 0) is 19.9 Å². The number of aryl methyl sites for hydroxylation is 4. The van der Waals surface area contributed by atoms with Gasteiger partial charge in [0.25, 0.3) is 0 Å². The summed E-state index contributed by atoms with van der Waals surface area (Å²) in [7, 11) is 1.98. The summed E-state index contributed by atoms with van der Waals surface area (Å²) in [5.41, 5.74) is 0.950. The van der Waals surface area contributed by atoms with E-state index in [2.05, 4.69) is 26.0 Å². The lowest BCUT2D eigenvalue weighted by atomic mass is 10.2. The van der Waals surface area contributed by atoms with E-state index in [0.29, 0.717) is 0 Å². The Balaban J connectivity index is 1.90. The van der Waals surface area contributed by atoms with Gasteiger partial charge < -0.3 is 4.42 Å². The van der Waals surface area contributed by atoms with E-state index in [-0.39, 0.29) is 0 Å². The highest BCUT2D eigenvalue weighted by Gasteiger charge is 2.14. The number of halogens is 1. The second-order valence-corrected chi connectivity index (χ2v) is 5.01. The third kappa shape index (κ3) is 1.77. The first kappa shape index (κ1) is 11.5.